The molecular formula is C19H14FN2O3S-. The summed E-state index contributed by atoms with van der Waals surface area (Å²) in [5, 5.41) is 19.2. The van der Waals surface area contributed by atoms with Gasteiger partial charge in [-0.25, -0.2) is 4.39 Å². The summed E-state index contributed by atoms with van der Waals surface area (Å²) in [6.45, 7) is 2.04. The van der Waals surface area contributed by atoms with Gasteiger partial charge in [-0.15, -0.1) is 10.2 Å². The number of carboxylic acids is 1. The molecule has 0 fully saturated rings. The number of carboxylic acid groups (broad SMARTS) is 1. The van der Waals surface area contributed by atoms with Gasteiger partial charge in [-0.1, -0.05) is 31.2 Å². The topological polar surface area (TPSA) is 79.0 Å². The van der Waals surface area contributed by atoms with Gasteiger partial charge in [-0.05, 0) is 59.7 Å². The predicted octanol–water partition coefficient (Wildman–Crippen LogP) is 3.32. The molecule has 1 aromatic heterocycles. The van der Waals surface area contributed by atoms with Crippen LogP contribution in [0.25, 0.3) is 17.5 Å². The molecular weight excluding hydrogens is 355 g/mol. The molecule has 0 aliphatic heterocycles. The van der Waals surface area contributed by atoms with E-state index in [1.165, 1.54) is 30.3 Å². The Morgan fingerprint density at radius 1 is 1.15 bits per heavy atom. The lowest BCUT2D eigenvalue weighted by molar-refractivity contribution is -0.298. The summed E-state index contributed by atoms with van der Waals surface area (Å²) in [7, 11) is 0. The van der Waals surface area contributed by atoms with Gasteiger partial charge in [-0.2, -0.15) is 0 Å². The number of rotatable bonds is 6. The van der Waals surface area contributed by atoms with E-state index in [-0.39, 0.29) is 21.8 Å². The van der Waals surface area contributed by atoms with Gasteiger partial charge in [0.25, 0.3) is 5.22 Å². The highest BCUT2D eigenvalue weighted by molar-refractivity contribution is 8.03. The highest BCUT2D eigenvalue weighted by Gasteiger charge is 2.12. The Morgan fingerprint density at radius 2 is 1.85 bits per heavy atom. The van der Waals surface area contributed by atoms with Gasteiger partial charge in [0.1, 0.15) is 5.82 Å². The second-order valence-electron chi connectivity index (χ2n) is 5.37. The Balaban J connectivity index is 1.81. The van der Waals surface area contributed by atoms with Crippen LogP contribution in [0.4, 0.5) is 4.39 Å². The normalized spacial score (nSPS) is 11.5. The monoisotopic (exact) mass is 369 g/mol. The third-order valence-electron chi connectivity index (χ3n) is 3.58. The number of carbonyl (C=O) groups is 1. The molecule has 0 aliphatic carbocycles. The molecule has 0 saturated heterocycles. The van der Waals surface area contributed by atoms with Crippen LogP contribution in [-0.4, -0.2) is 16.2 Å². The Kier molecular flexibility index (Phi) is 5.48. The minimum atomic E-state index is -1.34. The molecule has 1 heterocycles. The van der Waals surface area contributed by atoms with Crippen LogP contribution >= 0.6 is 11.8 Å². The summed E-state index contributed by atoms with van der Waals surface area (Å²) in [5.41, 5.74) is 2.43. The van der Waals surface area contributed by atoms with E-state index in [9.17, 15) is 14.3 Å². The van der Waals surface area contributed by atoms with Crippen LogP contribution in [0.3, 0.4) is 0 Å². The van der Waals surface area contributed by atoms with E-state index in [1.807, 2.05) is 31.2 Å². The number of aromatic nitrogens is 2. The van der Waals surface area contributed by atoms with Gasteiger partial charge >= 0.3 is 0 Å². The highest BCUT2D eigenvalue weighted by Crippen LogP contribution is 2.29. The van der Waals surface area contributed by atoms with Crippen LogP contribution < -0.4 is 5.11 Å². The molecule has 0 spiro atoms. The number of thioether (sulfide) groups is 1. The van der Waals surface area contributed by atoms with E-state index in [4.69, 9.17) is 4.42 Å². The van der Waals surface area contributed by atoms with Crippen LogP contribution in [-0.2, 0) is 11.2 Å². The first kappa shape index (κ1) is 17.9. The molecule has 0 saturated carbocycles. The van der Waals surface area contributed by atoms with E-state index < -0.39 is 5.97 Å². The fourth-order valence-electron chi connectivity index (χ4n) is 2.19. The number of hydrogen-bond donors (Lipinski definition) is 0. The molecule has 2 aromatic carbocycles. The zero-order valence-corrected chi connectivity index (χ0v) is 14.6. The molecule has 5 nitrogen and oxygen atoms in total. The minimum Gasteiger partial charge on any atom is -0.544 e. The van der Waals surface area contributed by atoms with Gasteiger partial charge in [0.2, 0.25) is 5.89 Å². The lowest BCUT2D eigenvalue weighted by Crippen LogP contribution is -2.23. The molecule has 0 atom stereocenters. The van der Waals surface area contributed by atoms with E-state index in [1.54, 1.807) is 0 Å². The van der Waals surface area contributed by atoms with E-state index in [2.05, 4.69) is 10.2 Å². The first-order chi connectivity index (χ1) is 12.5. The maximum Gasteiger partial charge on any atom is 0.281 e. The lowest BCUT2D eigenvalue weighted by atomic mass is 10.1. The van der Waals surface area contributed by atoms with Crippen molar-refractivity contribution in [1.29, 1.82) is 0 Å². The number of halogens is 1. The van der Waals surface area contributed by atoms with Crippen molar-refractivity contribution in [2.75, 3.05) is 0 Å². The zero-order valence-electron chi connectivity index (χ0n) is 13.8. The molecule has 26 heavy (non-hydrogen) atoms. The quantitative estimate of drug-likeness (QED) is 0.490. The van der Waals surface area contributed by atoms with Crippen LogP contribution in [0.15, 0.2) is 63.1 Å². The molecule has 7 heteroatoms. The number of hydrogen-bond acceptors (Lipinski definition) is 6. The lowest BCUT2D eigenvalue weighted by Gasteiger charge is -2.06. The minimum absolute atomic E-state index is 0.0523. The van der Waals surface area contributed by atoms with Crippen molar-refractivity contribution in [3.05, 3.63) is 70.4 Å². The van der Waals surface area contributed by atoms with Crippen LogP contribution in [0.2, 0.25) is 0 Å². The third-order valence-corrected chi connectivity index (χ3v) is 4.43. The van der Waals surface area contributed by atoms with E-state index >= 15 is 0 Å². The van der Waals surface area contributed by atoms with Crippen molar-refractivity contribution >= 4 is 23.8 Å². The SMILES string of the molecule is CCc1ccc(/C=C(/Sc2nnc(-c3ccc(F)cc3)o2)C(=O)[O-])cc1. The van der Waals surface area contributed by atoms with Crippen molar-refractivity contribution < 1.29 is 18.7 Å². The molecule has 0 bridgehead atoms. The van der Waals surface area contributed by atoms with Gasteiger partial charge in [0.15, 0.2) is 0 Å². The van der Waals surface area contributed by atoms with Crippen molar-refractivity contribution in [3.8, 4) is 11.5 Å². The molecule has 3 aromatic rings. The molecule has 0 aliphatic rings. The Bertz CT molecular complexity index is 934. The fourth-order valence-corrected chi connectivity index (χ4v) is 2.85. The number of carbonyl (C=O) groups excluding carboxylic acids is 1. The van der Waals surface area contributed by atoms with E-state index in [0.717, 1.165) is 29.3 Å². The summed E-state index contributed by atoms with van der Waals surface area (Å²) in [5.74, 6) is -1.53. The van der Waals surface area contributed by atoms with Crippen molar-refractivity contribution in [2.24, 2.45) is 0 Å². The molecule has 0 N–H and O–H groups in total. The van der Waals surface area contributed by atoms with Gasteiger partial charge in [0, 0.05) is 10.5 Å². The van der Waals surface area contributed by atoms with Crippen molar-refractivity contribution in [1.82, 2.24) is 10.2 Å². The number of benzene rings is 2. The van der Waals surface area contributed by atoms with Crippen LogP contribution in [0.1, 0.15) is 18.1 Å². The van der Waals surface area contributed by atoms with E-state index in [0.29, 0.717) is 5.56 Å². The Hall–Kier alpha value is -2.93. The Labute approximate surface area is 153 Å². The smallest absolute Gasteiger partial charge is 0.281 e. The molecule has 0 unspecified atom stereocenters. The average Bonchev–Trinajstić information content (AvgIpc) is 3.11. The van der Waals surface area contributed by atoms with Crippen LogP contribution in [0.5, 0.6) is 0 Å². The Morgan fingerprint density at radius 3 is 2.46 bits per heavy atom. The maximum absolute atomic E-state index is 13.0. The molecule has 0 amide bonds. The zero-order chi connectivity index (χ0) is 18.5. The largest absolute Gasteiger partial charge is 0.544 e. The molecule has 132 valence electrons. The summed E-state index contributed by atoms with van der Waals surface area (Å²) in [6.07, 6.45) is 2.39. The first-order valence-electron chi connectivity index (χ1n) is 7.84. The first-order valence-corrected chi connectivity index (χ1v) is 8.66. The second-order valence-corrected chi connectivity index (χ2v) is 6.37. The molecule has 3 rings (SSSR count). The van der Waals surface area contributed by atoms with Crippen molar-refractivity contribution in [3.63, 3.8) is 0 Å². The predicted molar refractivity (Wildman–Crippen MR) is 94.4 cm³/mol. The molecule has 0 radical (unpaired) electrons. The van der Waals surface area contributed by atoms with Gasteiger partial charge < -0.3 is 14.3 Å². The second kappa shape index (κ2) is 7.97. The standard InChI is InChI=1S/C19H15FN2O3S/c1-2-12-3-5-13(6-4-12)11-16(18(23)24)26-19-22-21-17(25-19)14-7-9-15(20)10-8-14/h3-11H,2H2,1H3,(H,23,24)/p-1/b16-11+. The third kappa shape index (κ3) is 4.37. The number of aliphatic carboxylic acids is 1. The maximum atomic E-state index is 13.0. The van der Waals surface area contributed by atoms with Crippen LogP contribution in [0, 0.1) is 5.82 Å². The van der Waals surface area contributed by atoms with Crippen molar-refractivity contribution in [2.45, 2.75) is 18.6 Å². The van der Waals surface area contributed by atoms with Gasteiger partial charge in [0.05, 0.1) is 5.97 Å². The fraction of sp³-hybridized carbons (Fsp3) is 0.105. The average molecular weight is 369 g/mol. The highest BCUT2D eigenvalue weighted by atomic mass is 32.2. The summed E-state index contributed by atoms with van der Waals surface area (Å²) in [6, 6.07) is 13.1. The summed E-state index contributed by atoms with van der Waals surface area (Å²) in [4.78, 5) is 11.4. The summed E-state index contributed by atoms with van der Waals surface area (Å²) >= 11 is 0.805. The number of aryl methyl sites for hydroxylation is 1. The summed E-state index contributed by atoms with van der Waals surface area (Å²) < 4.78 is 18.4. The van der Waals surface area contributed by atoms with Gasteiger partial charge in [-0.3, -0.25) is 0 Å². The number of nitrogens with zero attached hydrogens (tertiary/aromatic N) is 2.